The molecule has 2 atom stereocenters. The van der Waals surface area contributed by atoms with Crippen LogP contribution in [0.3, 0.4) is 0 Å². The Morgan fingerprint density at radius 3 is 2.52 bits per heavy atom. The van der Waals surface area contributed by atoms with Crippen molar-refractivity contribution in [1.82, 2.24) is 0 Å². The van der Waals surface area contributed by atoms with Gasteiger partial charge in [-0.2, -0.15) is 13.2 Å². The molecule has 1 aromatic rings. The number of quaternary nitrogens is 1. The Morgan fingerprint density at radius 2 is 1.96 bits per heavy atom. The number of ether oxygens (including phenoxy) is 1. The molecule has 8 heteroatoms. The largest absolute Gasteiger partial charge is 0.417 e. The van der Waals surface area contributed by atoms with Crippen molar-refractivity contribution in [3.63, 3.8) is 0 Å². The monoisotopic (exact) mass is 351 g/mol. The Balaban J connectivity index is 2.00. The van der Waals surface area contributed by atoms with Gasteiger partial charge in [0.2, 0.25) is 0 Å². The van der Waals surface area contributed by atoms with E-state index in [1.807, 2.05) is 13.8 Å². The number of nitrogens with one attached hydrogen (secondary N) is 2. The first-order chi connectivity index (χ1) is 10.6. The summed E-state index contributed by atoms with van der Waals surface area (Å²) in [5.74, 6) is -0.336. The molecule has 1 heterocycles. The van der Waals surface area contributed by atoms with E-state index < -0.39 is 16.8 Å². The minimum Gasteiger partial charge on any atom is -0.364 e. The van der Waals surface area contributed by atoms with Crippen LogP contribution in [-0.4, -0.2) is 37.7 Å². The van der Waals surface area contributed by atoms with Gasteiger partial charge >= 0.3 is 6.18 Å². The van der Waals surface area contributed by atoms with E-state index in [0.717, 1.165) is 17.0 Å². The van der Waals surface area contributed by atoms with E-state index >= 15 is 0 Å². The number of amides is 1. The topological polar surface area (TPSA) is 42.8 Å². The number of alkyl halides is 3. The lowest BCUT2D eigenvalue weighted by atomic mass is 10.2. The van der Waals surface area contributed by atoms with Crippen molar-refractivity contribution in [2.24, 2.45) is 0 Å². The Kier molecular flexibility index (Phi) is 5.54. The maximum absolute atomic E-state index is 12.8. The molecule has 2 N–H and O–H groups in total. The number of benzene rings is 1. The number of rotatable bonds is 3. The third-order valence-electron chi connectivity index (χ3n) is 3.58. The quantitative estimate of drug-likeness (QED) is 0.874. The molecule has 4 nitrogen and oxygen atoms in total. The summed E-state index contributed by atoms with van der Waals surface area (Å²) in [7, 11) is 0. The summed E-state index contributed by atoms with van der Waals surface area (Å²) in [6.07, 6.45) is -4.46. The lowest BCUT2D eigenvalue weighted by Crippen LogP contribution is -3.16. The maximum Gasteiger partial charge on any atom is 0.417 e. The standard InChI is InChI=1S/C15H18ClF3N2O2/c1-9-6-21(7-10(2)23-9)8-14(22)20-11-3-4-13(16)12(5-11)15(17,18)19/h3-5,9-10H,6-8H2,1-2H3,(H,20,22)/p+1/t9-,10-/m1/s1. The molecule has 1 saturated heterocycles. The smallest absolute Gasteiger partial charge is 0.364 e. The van der Waals surface area contributed by atoms with Gasteiger partial charge in [0.05, 0.1) is 10.6 Å². The Hall–Kier alpha value is -1.31. The molecule has 0 unspecified atom stereocenters. The Bertz CT molecular complexity index is 570. The van der Waals surface area contributed by atoms with Gasteiger partial charge < -0.3 is 15.0 Å². The summed E-state index contributed by atoms with van der Waals surface area (Å²) in [4.78, 5) is 13.1. The number of carbonyl (C=O) groups is 1. The van der Waals surface area contributed by atoms with Gasteiger partial charge in [-0.3, -0.25) is 4.79 Å². The number of anilines is 1. The van der Waals surface area contributed by atoms with Crippen molar-refractivity contribution in [3.8, 4) is 0 Å². The highest BCUT2D eigenvalue weighted by Crippen LogP contribution is 2.36. The zero-order valence-electron chi connectivity index (χ0n) is 12.8. The number of hydrogen-bond acceptors (Lipinski definition) is 2. The van der Waals surface area contributed by atoms with Gasteiger partial charge in [0.15, 0.2) is 6.54 Å². The molecule has 2 rings (SSSR count). The maximum atomic E-state index is 12.8. The number of morpholine rings is 1. The molecular formula is C15H19ClF3N2O2+. The van der Waals surface area contributed by atoms with Crippen molar-refractivity contribution < 1.29 is 27.6 Å². The van der Waals surface area contributed by atoms with Gasteiger partial charge in [-0.1, -0.05) is 11.6 Å². The highest BCUT2D eigenvalue weighted by Gasteiger charge is 2.33. The normalized spacial score (nSPS) is 25.2. The zero-order chi connectivity index (χ0) is 17.2. The number of halogens is 4. The highest BCUT2D eigenvalue weighted by molar-refractivity contribution is 6.31. The molecule has 1 aliphatic heterocycles. The SMILES string of the molecule is C[C@@H]1C[NH+](CC(=O)Nc2ccc(Cl)c(C(F)(F)F)c2)C[C@@H](C)O1. The lowest BCUT2D eigenvalue weighted by Gasteiger charge is -2.31. The van der Waals surface area contributed by atoms with E-state index in [1.165, 1.54) is 6.07 Å². The van der Waals surface area contributed by atoms with Crippen LogP contribution in [0.4, 0.5) is 18.9 Å². The molecule has 0 saturated carbocycles. The number of carbonyl (C=O) groups excluding carboxylic acids is 1. The second-order valence-corrected chi connectivity index (χ2v) is 6.24. The fourth-order valence-corrected chi connectivity index (χ4v) is 3.01. The molecule has 1 amide bonds. The van der Waals surface area contributed by atoms with Crippen LogP contribution in [0.2, 0.25) is 5.02 Å². The van der Waals surface area contributed by atoms with Crippen LogP contribution in [0, 0.1) is 0 Å². The molecular weight excluding hydrogens is 333 g/mol. The highest BCUT2D eigenvalue weighted by atomic mass is 35.5. The van der Waals surface area contributed by atoms with Crippen molar-refractivity contribution in [2.45, 2.75) is 32.2 Å². The third kappa shape index (κ3) is 5.09. The molecule has 1 aromatic carbocycles. The fourth-order valence-electron chi connectivity index (χ4n) is 2.79. The summed E-state index contributed by atoms with van der Waals surface area (Å²) in [6, 6.07) is 3.33. The van der Waals surface area contributed by atoms with E-state index in [2.05, 4.69) is 5.32 Å². The van der Waals surface area contributed by atoms with Gasteiger partial charge in [0.1, 0.15) is 25.3 Å². The minimum absolute atomic E-state index is 0.0499. The summed E-state index contributed by atoms with van der Waals surface area (Å²) in [5.41, 5.74) is -0.876. The van der Waals surface area contributed by atoms with Gasteiger partial charge in [0.25, 0.3) is 5.91 Å². The lowest BCUT2D eigenvalue weighted by molar-refractivity contribution is -0.907. The van der Waals surface area contributed by atoms with E-state index in [0.29, 0.717) is 13.1 Å². The second kappa shape index (κ2) is 7.07. The van der Waals surface area contributed by atoms with Gasteiger partial charge in [-0.05, 0) is 32.0 Å². The molecule has 1 fully saturated rings. The van der Waals surface area contributed by atoms with E-state index in [9.17, 15) is 18.0 Å². The van der Waals surface area contributed by atoms with Crippen molar-refractivity contribution in [3.05, 3.63) is 28.8 Å². The third-order valence-corrected chi connectivity index (χ3v) is 3.91. The average Bonchev–Trinajstić information content (AvgIpc) is 2.38. The Morgan fingerprint density at radius 1 is 1.35 bits per heavy atom. The molecule has 0 radical (unpaired) electrons. The first-order valence-corrected chi connectivity index (χ1v) is 7.68. The zero-order valence-corrected chi connectivity index (χ0v) is 13.6. The van der Waals surface area contributed by atoms with Gasteiger partial charge in [-0.25, -0.2) is 0 Å². The van der Waals surface area contributed by atoms with Crippen LogP contribution in [0.25, 0.3) is 0 Å². The predicted octanol–water partition coefficient (Wildman–Crippen LogP) is 1.99. The summed E-state index contributed by atoms with van der Waals surface area (Å²) in [5, 5.41) is 2.11. The van der Waals surface area contributed by atoms with E-state index in [1.54, 1.807) is 0 Å². The Labute approximate surface area is 137 Å². The number of hydrogen-bond donors (Lipinski definition) is 2. The molecule has 128 valence electrons. The first-order valence-electron chi connectivity index (χ1n) is 7.30. The van der Waals surface area contributed by atoms with Crippen LogP contribution >= 0.6 is 11.6 Å². The van der Waals surface area contributed by atoms with Crippen molar-refractivity contribution in [1.29, 1.82) is 0 Å². The fraction of sp³-hybridized carbons (Fsp3) is 0.533. The molecule has 0 spiro atoms. The molecule has 0 bridgehead atoms. The molecule has 1 aliphatic rings. The van der Waals surface area contributed by atoms with Crippen LogP contribution < -0.4 is 10.2 Å². The first kappa shape index (κ1) is 18.0. The van der Waals surface area contributed by atoms with Crippen LogP contribution in [0.15, 0.2) is 18.2 Å². The summed E-state index contributed by atoms with van der Waals surface area (Å²) < 4.78 is 44.0. The summed E-state index contributed by atoms with van der Waals surface area (Å²) >= 11 is 5.55. The summed E-state index contributed by atoms with van der Waals surface area (Å²) in [6.45, 7) is 5.42. The van der Waals surface area contributed by atoms with E-state index in [-0.39, 0.29) is 30.3 Å². The van der Waals surface area contributed by atoms with Crippen molar-refractivity contribution >= 4 is 23.2 Å². The predicted molar refractivity (Wildman–Crippen MR) is 80.7 cm³/mol. The van der Waals surface area contributed by atoms with Gasteiger partial charge in [0, 0.05) is 5.69 Å². The van der Waals surface area contributed by atoms with Crippen molar-refractivity contribution in [2.75, 3.05) is 25.0 Å². The molecule has 0 aromatic heterocycles. The average molecular weight is 352 g/mol. The second-order valence-electron chi connectivity index (χ2n) is 5.83. The van der Waals surface area contributed by atoms with Crippen LogP contribution in [0.1, 0.15) is 19.4 Å². The van der Waals surface area contributed by atoms with Crippen LogP contribution in [0.5, 0.6) is 0 Å². The van der Waals surface area contributed by atoms with Gasteiger partial charge in [-0.15, -0.1) is 0 Å². The molecule has 0 aliphatic carbocycles. The molecule has 23 heavy (non-hydrogen) atoms. The minimum atomic E-state index is -4.56. The van der Waals surface area contributed by atoms with Crippen LogP contribution in [-0.2, 0) is 15.7 Å². The van der Waals surface area contributed by atoms with E-state index in [4.69, 9.17) is 16.3 Å².